The number of esters is 2. The maximum Gasteiger partial charge on any atom is 0.328 e. The number of hydrogen-bond donors (Lipinski definition) is 3. The van der Waals surface area contributed by atoms with Crippen LogP contribution in [0.25, 0.3) is 10.2 Å². The highest BCUT2D eigenvalue weighted by molar-refractivity contribution is 7.18. The van der Waals surface area contributed by atoms with Crippen LogP contribution in [0.15, 0.2) is 35.1 Å². The number of nitrogens with two attached hydrogens (primary N) is 1. The van der Waals surface area contributed by atoms with Gasteiger partial charge in [-0.1, -0.05) is 12.1 Å². The zero-order valence-corrected chi connectivity index (χ0v) is 21.8. The number of aryl methyl sites for hydroxylation is 2. The van der Waals surface area contributed by atoms with E-state index in [1.807, 2.05) is 18.2 Å². The summed E-state index contributed by atoms with van der Waals surface area (Å²) in [6.45, 7) is 3.81. The Kier molecular flexibility index (Phi) is 10.2. The van der Waals surface area contributed by atoms with E-state index < -0.39 is 23.9 Å². The number of thiophene rings is 1. The molecule has 0 aliphatic heterocycles. The number of anilines is 1. The van der Waals surface area contributed by atoms with Gasteiger partial charge in [-0.2, -0.15) is 0 Å². The zero-order valence-electron chi connectivity index (χ0n) is 21.0. The minimum Gasteiger partial charge on any atom is -0.466 e. The molecule has 0 bridgehead atoms. The number of benzene rings is 1. The largest absolute Gasteiger partial charge is 0.466 e. The fourth-order valence-electron chi connectivity index (χ4n) is 3.80. The molecule has 0 fully saturated rings. The molecule has 37 heavy (non-hydrogen) atoms. The van der Waals surface area contributed by atoms with Crippen molar-refractivity contribution in [1.82, 2.24) is 15.3 Å². The van der Waals surface area contributed by atoms with Crippen molar-refractivity contribution in [2.45, 2.75) is 58.4 Å². The van der Waals surface area contributed by atoms with Crippen LogP contribution in [0.4, 0.5) is 5.95 Å². The highest BCUT2D eigenvalue weighted by atomic mass is 32.1. The first-order valence-corrected chi connectivity index (χ1v) is 13.1. The Morgan fingerprint density at radius 1 is 1.08 bits per heavy atom. The van der Waals surface area contributed by atoms with Gasteiger partial charge in [0.1, 0.15) is 10.9 Å². The summed E-state index contributed by atoms with van der Waals surface area (Å²) >= 11 is 1.48. The predicted molar refractivity (Wildman–Crippen MR) is 141 cm³/mol. The number of nitrogen functional groups attached to an aromatic ring is 1. The van der Waals surface area contributed by atoms with Gasteiger partial charge in [-0.3, -0.25) is 19.4 Å². The zero-order chi connectivity index (χ0) is 26.8. The van der Waals surface area contributed by atoms with Crippen LogP contribution < -0.4 is 16.6 Å². The number of H-pyrrole nitrogens is 1. The van der Waals surface area contributed by atoms with Gasteiger partial charge in [-0.25, -0.2) is 9.78 Å². The molecule has 198 valence electrons. The molecular weight excluding hydrogens is 496 g/mol. The third-order valence-corrected chi connectivity index (χ3v) is 6.73. The van der Waals surface area contributed by atoms with Gasteiger partial charge in [0.15, 0.2) is 0 Å². The first-order chi connectivity index (χ1) is 17.8. The maximum absolute atomic E-state index is 12.7. The molecule has 0 saturated carbocycles. The van der Waals surface area contributed by atoms with Crippen LogP contribution in [0.5, 0.6) is 0 Å². The Bertz CT molecular complexity index is 1280. The molecule has 1 amide bonds. The summed E-state index contributed by atoms with van der Waals surface area (Å²) in [5.41, 5.74) is 6.89. The van der Waals surface area contributed by atoms with Crippen LogP contribution in [-0.4, -0.2) is 47.1 Å². The average molecular weight is 529 g/mol. The molecule has 0 radical (unpaired) electrons. The van der Waals surface area contributed by atoms with Crippen LogP contribution in [0.3, 0.4) is 0 Å². The lowest BCUT2D eigenvalue weighted by Gasteiger charge is -2.17. The number of aromatic amines is 1. The van der Waals surface area contributed by atoms with E-state index in [-0.39, 0.29) is 37.6 Å². The molecule has 1 atom stereocenters. The summed E-state index contributed by atoms with van der Waals surface area (Å²) in [4.78, 5) is 57.0. The van der Waals surface area contributed by atoms with Crippen molar-refractivity contribution in [2.24, 2.45) is 0 Å². The minimum atomic E-state index is -0.937. The molecule has 0 unspecified atom stereocenters. The molecule has 1 aromatic carbocycles. The topological polar surface area (TPSA) is 153 Å². The van der Waals surface area contributed by atoms with Gasteiger partial charge >= 0.3 is 11.9 Å². The van der Waals surface area contributed by atoms with Gasteiger partial charge in [0.05, 0.1) is 18.6 Å². The van der Waals surface area contributed by atoms with E-state index in [0.717, 1.165) is 36.1 Å². The number of amides is 1. The molecule has 2 aromatic heterocycles. The summed E-state index contributed by atoms with van der Waals surface area (Å²) in [7, 11) is 0. The first kappa shape index (κ1) is 27.9. The van der Waals surface area contributed by atoms with E-state index >= 15 is 0 Å². The Labute approximate surface area is 218 Å². The van der Waals surface area contributed by atoms with Crippen LogP contribution in [0, 0.1) is 0 Å². The normalized spacial score (nSPS) is 11.7. The number of rotatable bonds is 13. The SMILES string of the molecule is CCOC(=O)CC[C@H](NC(=O)c1ccc(CCCCc2cc3c(=O)[nH]c(N)nc3s2)cc1)C(=O)OCC. The molecule has 0 aliphatic carbocycles. The monoisotopic (exact) mass is 528 g/mol. The Hall–Kier alpha value is -3.73. The third-order valence-electron chi connectivity index (χ3n) is 5.65. The summed E-state index contributed by atoms with van der Waals surface area (Å²) in [6, 6.07) is 8.14. The van der Waals surface area contributed by atoms with Crippen molar-refractivity contribution in [3.63, 3.8) is 0 Å². The van der Waals surface area contributed by atoms with Crippen molar-refractivity contribution in [3.8, 4) is 0 Å². The quantitative estimate of drug-likeness (QED) is 0.226. The summed E-state index contributed by atoms with van der Waals surface area (Å²) < 4.78 is 9.93. The standard InChI is InChI=1S/C26H32N4O6S/c1-3-35-21(31)14-13-20(25(34)36-4-2)28-22(32)17-11-9-16(10-12-17)7-5-6-8-18-15-19-23(33)29-26(27)30-24(19)37-18/h9-12,15,20H,3-8,13-14H2,1-2H3,(H,28,32)(H3,27,29,30,33)/t20-/m0/s1. The van der Waals surface area contributed by atoms with Crippen LogP contribution >= 0.6 is 11.3 Å². The van der Waals surface area contributed by atoms with E-state index in [2.05, 4.69) is 15.3 Å². The van der Waals surface area contributed by atoms with E-state index in [0.29, 0.717) is 15.8 Å². The van der Waals surface area contributed by atoms with Crippen molar-refractivity contribution in [2.75, 3.05) is 18.9 Å². The van der Waals surface area contributed by atoms with Gasteiger partial charge < -0.3 is 20.5 Å². The lowest BCUT2D eigenvalue weighted by Crippen LogP contribution is -2.42. The van der Waals surface area contributed by atoms with Gasteiger partial charge in [0, 0.05) is 16.9 Å². The number of ether oxygens (including phenoxy) is 2. The molecule has 0 aliphatic rings. The first-order valence-electron chi connectivity index (χ1n) is 12.3. The van der Waals surface area contributed by atoms with E-state index in [9.17, 15) is 19.2 Å². The molecular formula is C26H32N4O6S. The predicted octanol–water partition coefficient (Wildman–Crippen LogP) is 3.14. The second kappa shape index (κ2) is 13.5. The van der Waals surface area contributed by atoms with Crippen LogP contribution in [0.2, 0.25) is 0 Å². The Morgan fingerprint density at radius 3 is 2.49 bits per heavy atom. The van der Waals surface area contributed by atoms with Crippen molar-refractivity contribution < 1.29 is 23.9 Å². The van der Waals surface area contributed by atoms with Gasteiger partial charge in [0.2, 0.25) is 5.95 Å². The van der Waals surface area contributed by atoms with Crippen LogP contribution in [0.1, 0.15) is 60.3 Å². The molecule has 10 nitrogen and oxygen atoms in total. The second-order valence-corrected chi connectivity index (χ2v) is 9.52. The fourth-order valence-corrected chi connectivity index (χ4v) is 4.88. The molecule has 4 N–H and O–H groups in total. The van der Waals surface area contributed by atoms with Crippen LogP contribution in [-0.2, 0) is 31.9 Å². The maximum atomic E-state index is 12.7. The fraction of sp³-hybridized carbons (Fsp3) is 0.423. The molecule has 0 saturated heterocycles. The van der Waals surface area contributed by atoms with Gasteiger partial charge in [-0.15, -0.1) is 11.3 Å². The number of carbonyl (C=O) groups is 3. The number of hydrogen-bond acceptors (Lipinski definition) is 9. The highest BCUT2D eigenvalue weighted by Crippen LogP contribution is 2.23. The number of carbonyl (C=O) groups excluding carboxylic acids is 3. The number of unbranched alkanes of at least 4 members (excludes halogenated alkanes) is 1. The van der Waals surface area contributed by atoms with Gasteiger partial charge in [-0.05, 0) is 69.7 Å². The third kappa shape index (κ3) is 8.14. The smallest absolute Gasteiger partial charge is 0.328 e. The summed E-state index contributed by atoms with van der Waals surface area (Å²) in [6.07, 6.45) is 3.64. The van der Waals surface area contributed by atoms with E-state index in [1.54, 1.807) is 26.0 Å². The number of aromatic nitrogens is 2. The van der Waals surface area contributed by atoms with Crippen molar-refractivity contribution in [1.29, 1.82) is 0 Å². The lowest BCUT2D eigenvalue weighted by molar-refractivity contribution is -0.146. The summed E-state index contributed by atoms with van der Waals surface area (Å²) in [5, 5.41) is 3.23. The number of fused-ring (bicyclic) bond motifs is 1. The summed E-state index contributed by atoms with van der Waals surface area (Å²) in [5.74, 6) is -1.31. The molecule has 0 spiro atoms. The Balaban J connectivity index is 1.50. The minimum absolute atomic E-state index is 0.000892. The van der Waals surface area contributed by atoms with Gasteiger partial charge in [0.25, 0.3) is 11.5 Å². The van der Waals surface area contributed by atoms with Crippen molar-refractivity contribution >= 4 is 45.3 Å². The molecule has 3 aromatic rings. The molecule has 3 rings (SSSR count). The number of nitrogens with one attached hydrogen (secondary N) is 2. The second-order valence-electron chi connectivity index (χ2n) is 8.41. The number of nitrogens with zero attached hydrogens (tertiary/aromatic N) is 1. The highest BCUT2D eigenvalue weighted by Gasteiger charge is 2.24. The lowest BCUT2D eigenvalue weighted by atomic mass is 10.0. The molecule has 2 heterocycles. The van der Waals surface area contributed by atoms with E-state index in [1.165, 1.54) is 11.3 Å². The van der Waals surface area contributed by atoms with Crippen molar-refractivity contribution in [3.05, 3.63) is 56.7 Å². The Morgan fingerprint density at radius 2 is 1.78 bits per heavy atom. The molecule has 11 heteroatoms. The average Bonchev–Trinajstić information content (AvgIpc) is 3.28. The van der Waals surface area contributed by atoms with E-state index in [4.69, 9.17) is 15.2 Å².